The highest BCUT2D eigenvalue weighted by Gasteiger charge is 2.10. The van der Waals surface area contributed by atoms with E-state index < -0.39 is 0 Å². The minimum atomic E-state index is -0.146. The third kappa shape index (κ3) is 2.72. The van der Waals surface area contributed by atoms with Crippen molar-refractivity contribution >= 4 is 10.9 Å². The van der Waals surface area contributed by atoms with Crippen LogP contribution in [0.25, 0.3) is 10.9 Å². The molecule has 2 aromatic rings. The third-order valence-corrected chi connectivity index (χ3v) is 2.50. The lowest BCUT2D eigenvalue weighted by molar-refractivity contribution is 0.0869. The lowest BCUT2D eigenvalue weighted by Gasteiger charge is -2.17. The Morgan fingerprint density at radius 3 is 2.88 bits per heavy atom. The van der Waals surface area contributed by atoms with E-state index in [9.17, 15) is 0 Å². The molecule has 4 heteroatoms. The van der Waals surface area contributed by atoms with Crippen LogP contribution in [0.5, 0.6) is 5.75 Å². The van der Waals surface area contributed by atoms with Crippen LogP contribution in [0.3, 0.4) is 0 Å². The maximum absolute atomic E-state index is 5.80. The normalized spacial score (nSPS) is 12.6. The summed E-state index contributed by atoms with van der Waals surface area (Å²) in [6, 6.07) is 9.75. The second-order valence-electron chi connectivity index (χ2n) is 3.76. The van der Waals surface area contributed by atoms with Gasteiger partial charge in [0.25, 0.3) is 0 Å². The van der Waals surface area contributed by atoms with Crippen molar-refractivity contribution in [2.24, 2.45) is 5.73 Å². The van der Waals surface area contributed by atoms with Crippen LogP contribution in [0.2, 0.25) is 0 Å². The molecule has 0 aliphatic rings. The number of nitrogens with two attached hydrogens (primary N) is 1. The van der Waals surface area contributed by atoms with E-state index in [1.54, 1.807) is 13.3 Å². The number of hydrogen-bond acceptors (Lipinski definition) is 4. The number of aromatic nitrogens is 1. The Morgan fingerprint density at radius 2 is 2.12 bits per heavy atom. The largest absolute Gasteiger partial charge is 0.484 e. The van der Waals surface area contributed by atoms with Gasteiger partial charge >= 0.3 is 0 Å². The molecule has 1 aromatic carbocycles. The van der Waals surface area contributed by atoms with E-state index >= 15 is 0 Å². The number of hydrogen-bond donors (Lipinski definition) is 1. The zero-order valence-corrected chi connectivity index (χ0v) is 9.80. The minimum absolute atomic E-state index is 0.146. The average molecular weight is 232 g/mol. The molecule has 2 rings (SSSR count). The van der Waals surface area contributed by atoms with Gasteiger partial charge in [-0.15, -0.1) is 0 Å². The summed E-state index contributed by atoms with van der Waals surface area (Å²) in [6.45, 7) is 0.886. The van der Waals surface area contributed by atoms with E-state index in [1.165, 1.54) is 0 Å². The molecule has 0 bridgehead atoms. The van der Waals surface area contributed by atoms with Crippen LogP contribution in [0, 0.1) is 0 Å². The molecule has 0 amide bonds. The van der Waals surface area contributed by atoms with Gasteiger partial charge in [0.1, 0.15) is 17.4 Å². The molecule has 1 unspecified atom stereocenters. The Balaban J connectivity index is 2.28. The molecule has 4 nitrogen and oxygen atoms in total. The van der Waals surface area contributed by atoms with Crippen LogP contribution >= 0.6 is 0 Å². The highest BCUT2D eigenvalue weighted by atomic mass is 16.5. The smallest absolute Gasteiger partial charge is 0.146 e. The number of nitrogens with zero attached hydrogens (tertiary/aromatic N) is 1. The van der Waals surface area contributed by atoms with Crippen molar-refractivity contribution in [3.8, 4) is 5.75 Å². The molecule has 90 valence electrons. The SMILES string of the molecule is COCC(CN)Oc1cccc2cccnc12. The standard InChI is InChI=1S/C13H16N2O2/c1-16-9-11(8-14)17-12-6-2-4-10-5-3-7-15-13(10)12/h2-7,11H,8-9,14H2,1H3. The van der Waals surface area contributed by atoms with Gasteiger partial charge in [0.2, 0.25) is 0 Å². The van der Waals surface area contributed by atoms with Gasteiger partial charge in [0.15, 0.2) is 0 Å². The Morgan fingerprint density at radius 1 is 1.29 bits per heavy atom. The summed E-state index contributed by atoms with van der Waals surface area (Å²) < 4.78 is 10.9. The van der Waals surface area contributed by atoms with Crippen molar-refractivity contribution in [1.29, 1.82) is 0 Å². The first-order valence-electron chi connectivity index (χ1n) is 5.54. The van der Waals surface area contributed by atoms with Crippen LogP contribution in [0.15, 0.2) is 36.5 Å². The average Bonchev–Trinajstić information content (AvgIpc) is 2.38. The predicted molar refractivity (Wildman–Crippen MR) is 67.1 cm³/mol. The summed E-state index contributed by atoms with van der Waals surface area (Å²) in [5.74, 6) is 0.746. The van der Waals surface area contributed by atoms with Gasteiger partial charge < -0.3 is 15.2 Å². The molecule has 1 heterocycles. The fourth-order valence-electron chi connectivity index (χ4n) is 1.69. The number of rotatable bonds is 5. The topological polar surface area (TPSA) is 57.4 Å². The second-order valence-corrected chi connectivity index (χ2v) is 3.76. The number of para-hydroxylation sites is 1. The summed E-state index contributed by atoms with van der Waals surface area (Å²) in [7, 11) is 1.63. The van der Waals surface area contributed by atoms with Gasteiger partial charge in [-0.05, 0) is 12.1 Å². The first-order chi connectivity index (χ1) is 8.35. The Kier molecular flexibility index (Phi) is 3.90. The van der Waals surface area contributed by atoms with Crippen LogP contribution in [0.4, 0.5) is 0 Å². The van der Waals surface area contributed by atoms with Gasteiger partial charge in [-0.2, -0.15) is 0 Å². The van der Waals surface area contributed by atoms with E-state index in [1.807, 2.05) is 30.3 Å². The van der Waals surface area contributed by atoms with Gasteiger partial charge in [-0.25, -0.2) is 0 Å². The third-order valence-electron chi connectivity index (χ3n) is 2.50. The molecule has 1 aromatic heterocycles. The molecule has 0 saturated heterocycles. The molecule has 2 N–H and O–H groups in total. The zero-order valence-electron chi connectivity index (χ0n) is 9.80. The molecule has 17 heavy (non-hydrogen) atoms. The second kappa shape index (κ2) is 5.61. The molecule has 0 aliphatic heterocycles. The van der Waals surface area contributed by atoms with Crippen molar-refractivity contribution in [1.82, 2.24) is 4.98 Å². The first-order valence-corrected chi connectivity index (χ1v) is 5.54. The van der Waals surface area contributed by atoms with Crippen molar-refractivity contribution < 1.29 is 9.47 Å². The quantitative estimate of drug-likeness (QED) is 0.850. The van der Waals surface area contributed by atoms with Crippen LogP contribution < -0.4 is 10.5 Å². The summed E-state index contributed by atoms with van der Waals surface area (Å²) in [4.78, 5) is 4.32. The number of fused-ring (bicyclic) bond motifs is 1. The fourth-order valence-corrected chi connectivity index (χ4v) is 1.69. The predicted octanol–water partition coefficient (Wildman–Crippen LogP) is 1.59. The Labute approximate surface area is 100 Å². The lowest BCUT2D eigenvalue weighted by atomic mass is 10.2. The first kappa shape index (κ1) is 11.8. The summed E-state index contributed by atoms with van der Waals surface area (Å²) in [6.07, 6.45) is 1.61. The van der Waals surface area contributed by atoms with E-state index in [0.717, 1.165) is 16.7 Å². The van der Waals surface area contributed by atoms with Crippen LogP contribution in [-0.4, -0.2) is 31.3 Å². The van der Waals surface area contributed by atoms with Gasteiger partial charge in [0, 0.05) is 25.2 Å². The number of pyridine rings is 1. The molecule has 0 fully saturated rings. The molecular formula is C13H16N2O2. The number of methoxy groups -OCH3 is 1. The molecule has 0 saturated carbocycles. The lowest BCUT2D eigenvalue weighted by Crippen LogP contribution is -2.31. The van der Waals surface area contributed by atoms with Crippen molar-refractivity contribution in [2.45, 2.75) is 6.10 Å². The fraction of sp³-hybridized carbons (Fsp3) is 0.308. The van der Waals surface area contributed by atoms with Crippen molar-refractivity contribution in [2.75, 3.05) is 20.3 Å². The summed E-state index contributed by atoms with van der Waals surface area (Å²) in [5.41, 5.74) is 6.48. The van der Waals surface area contributed by atoms with E-state index in [0.29, 0.717) is 13.2 Å². The summed E-state index contributed by atoms with van der Waals surface area (Å²) in [5, 5.41) is 1.05. The monoisotopic (exact) mass is 232 g/mol. The van der Waals surface area contributed by atoms with E-state index in [-0.39, 0.29) is 6.10 Å². The molecule has 1 atom stereocenters. The molecular weight excluding hydrogens is 216 g/mol. The maximum atomic E-state index is 5.80. The van der Waals surface area contributed by atoms with E-state index in [2.05, 4.69) is 4.98 Å². The Hall–Kier alpha value is -1.65. The molecule has 0 radical (unpaired) electrons. The van der Waals surface area contributed by atoms with Gasteiger partial charge in [-0.1, -0.05) is 18.2 Å². The van der Waals surface area contributed by atoms with E-state index in [4.69, 9.17) is 15.2 Å². The highest BCUT2D eigenvalue weighted by molar-refractivity contribution is 5.84. The van der Waals surface area contributed by atoms with Crippen molar-refractivity contribution in [3.05, 3.63) is 36.5 Å². The van der Waals surface area contributed by atoms with Gasteiger partial charge in [-0.3, -0.25) is 4.98 Å². The number of ether oxygens (including phenoxy) is 2. The van der Waals surface area contributed by atoms with Crippen LogP contribution in [-0.2, 0) is 4.74 Å². The zero-order chi connectivity index (χ0) is 12.1. The highest BCUT2D eigenvalue weighted by Crippen LogP contribution is 2.23. The minimum Gasteiger partial charge on any atom is -0.484 e. The van der Waals surface area contributed by atoms with Gasteiger partial charge in [0.05, 0.1) is 6.61 Å². The molecule has 0 aliphatic carbocycles. The number of benzene rings is 1. The Bertz CT molecular complexity index is 482. The maximum Gasteiger partial charge on any atom is 0.146 e. The summed E-state index contributed by atoms with van der Waals surface area (Å²) >= 11 is 0. The van der Waals surface area contributed by atoms with Crippen molar-refractivity contribution in [3.63, 3.8) is 0 Å². The molecule has 0 spiro atoms. The van der Waals surface area contributed by atoms with Crippen LogP contribution in [0.1, 0.15) is 0 Å².